The molecule has 18 heavy (non-hydrogen) atoms. The molecule has 0 fully saturated rings. The Labute approximate surface area is 108 Å². The molecular weight excluding hydrogens is 230 g/mol. The predicted octanol–water partition coefficient (Wildman–Crippen LogP) is 1.13. The lowest BCUT2D eigenvalue weighted by atomic mass is 10.1. The molecule has 1 rings (SSSR count). The van der Waals surface area contributed by atoms with Gasteiger partial charge >= 0.3 is 5.97 Å². The fraction of sp³-hybridized carbons (Fsp3) is 0.500. The molecule has 2 N–H and O–H groups in total. The van der Waals surface area contributed by atoms with E-state index in [2.05, 4.69) is 5.32 Å². The number of ether oxygens (including phenoxy) is 1. The molecule has 0 heterocycles. The minimum absolute atomic E-state index is 0.0115. The molecule has 0 saturated heterocycles. The summed E-state index contributed by atoms with van der Waals surface area (Å²) in [7, 11) is 1.37. The van der Waals surface area contributed by atoms with Gasteiger partial charge in [-0.05, 0) is 18.4 Å². The van der Waals surface area contributed by atoms with E-state index in [9.17, 15) is 9.90 Å². The van der Waals surface area contributed by atoms with Crippen LogP contribution < -0.4 is 5.32 Å². The van der Waals surface area contributed by atoms with Crippen molar-refractivity contribution in [2.75, 3.05) is 13.7 Å². The maximum Gasteiger partial charge on any atom is 0.322 e. The minimum atomic E-state index is -0.365. The maximum absolute atomic E-state index is 11.5. The van der Waals surface area contributed by atoms with Gasteiger partial charge in [0, 0.05) is 6.04 Å². The highest BCUT2D eigenvalue weighted by molar-refractivity contribution is 5.75. The molecular formula is C14H21NO3. The molecule has 0 aliphatic heterocycles. The van der Waals surface area contributed by atoms with E-state index < -0.39 is 0 Å². The van der Waals surface area contributed by atoms with Gasteiger partial charge in [0.25, 0.3) is 0 Å². The van der Waals surface area contributed by atoms with E-state index in [1.54, 1.807) is 0 Å². The van der Waals surface area contributed by atoms with Crippen molar-refractivity contribution >= 4 is 5.97 Å². The number of methoxy groups -OCH3 is 1. The zero-order valence-corrected chi connectivity index (χ0v) is 10.9. The van der Waals surface area contributed by atoms with Crippen LogP contribution in [-0.4, -0.2) is 36.9 Å². The van der Waals surface area contributed by atoms with E-state index in [-0.39, 0.29) is 24.7 Å². The summed E-state index contributed by atoms with van der Waals surface area (Å²) in [6.45, 7) is 1.90. The van der Waals surface area contributed by atoms with Gasteiger partial charge in [-0.2, -0.15) is 0 Å². The molecule has 0 radical (unpaired) electrons. The van der Waals surface area contributed by atoms with Crippen molar-refractivity contribution in [2.45, 2.75) is 31.8 Å². The van der Waals surface area contributed by atoms with E-state index in [4.69, 9.17) is 4.74 Å². The van der Waals surface area contributed by atoms with Gasteiger partial charge in [-0.15, -0.1) is 0 Å². The number of aliphatic hydroxyl groups excluding tert-OH is 1. The van der Waals surface area contributed by atoms with Crippen LogP contribution in [0.5, 0.6) is 0 Å². The summed E-state index contributed by atoms with van der Waals surface area (Å²) in [5.74, 6) is -0.288. The van der Waals surface area contributed by atoms with Crippen molar-refractivity contribution in [2.24, 2.45) is 0 Å². The van der Waals surface area contributed by atoms with Crippen LogP contribution in [0.3, 0.4) is 0 Å². The molecule has 2 atom stereocenters. The second kappa shape index (κ2) is 7.84. The molecule has 1 aromatic carbocycles. The summed E-state index contributed by atoms with van der Waals surface area (Å²) in [5.41, 5.74) is 1.13. The van der Waals surface area contributed by atoms with Gasteiger partial charge in [-0.3, -0.25) is 10.1 Å². The van der Waals surface area contributed by atoms with Crippen LogP contribution in [0.25, 0.3) is 0 Å². The Morgan fingerprint density at radius 3 is 2.56 bits per heavy atom. The summed E-state index contributed by atoms with van der Waals surface area (Å²) >= 11 is 0. The summed E-state index contributed by atoms with van der Waals surface area (Å²) in [5, 5.41) is 12.5. The number of hydrogen-bond donors (Lipinski definition) is 2. The first kappa shape index (κ1) is 14.7. The number of carbonyl (C=O) groups is 1. The Morgan fingerprint density at radius 1 is 1.39 bits per heavy atom. The molecule has 4 heteroatoms. The maximum atomic E-state index is 11.5. The number of esters is 1. The smallest absolute Gasteiger partial charge is 0.322 e. The third-order valence-electron chi connectivity index (χ3n) is 2.88. The molecule has 1 aromatic rings. The van der Waals surface area contributed by atoms with Crippen LogP contribution in [0.15, 0.2) is 30.3 Å². The lowest BCUT2D eigenvalue weighted by Crippen LogP contribution is -2.46. The van der Waals surface area contributed by atoms with E-state index in [1.165, 1.54) is 7.11 Å². The fourth-order valence-corrected chi connectivity index (χ4v) is 1.85. The largest absolute Gasteiger partial charge is 0.468 e. The first-order chi connectivity index (χ1) is 8.71. The molecule has 4 nitrogen and oxygen atoms in total. The molecule has 0 aromatic heterocycles. The highest BCUT2D eigenvalue weighted by Crippen LogP contribution is 2.05. The average Bonchev–Trinajstić information content (AvgIpc) is 2.43. The Kier molecular flexibility index (Phi) is 6.39. The average molecular weight is 251 g/mol. The zero-order valence-electron chi connectivity index (χ0n) is 10.9. The van der Waals surface area contributed by atoms with E-state index in [0.29, 0.717) is 12.8 Å². The van der Waals surface area contributed by atoms with Crippen LogP contribution in [0.2, 0.25) is 0 Å². The molecule has 0 bridgehead atoms. The van der Waals surface area contributed by atoms with Crippen LogP contribution >= 0.6 is 0 Å². The highest BCUT2D eigenvalue weighted by atomic mass is 16.5. The van der Waals surface area contributed by atoms with E-state index in [1.807, 2.05) is 37.3 Å². The number of carbonyl (C=O) groups excluding carboxylic acids is 1. The highest BCUT2D eigenvalue weighted by Gasteiger charge is 2.20. The van der Waals surface area contributed by atoms with Crippen molar-refractivity contribution in [1.29, 1.82) is 0 Å². The van der Waals surface area contributed by atoms with Gasteiger partial charge in [-0.1, -0.05) is 37.3 Å². The predicted molar refractivity (Wildman–Crippen MR) is 70.3 cm³/mol. The Bertz CT molecular complexity index is 353. The van der Waals surface area contributed by atoms with Gasteiger partial charge in [0.2, 0.25) is 0 Å². The second-order valence-electron chi connectivity index (χ2n) is 4.22. The quantitative estimate of drug-likeness (QED) is 0.713. The monoisotopic (exact) mass is 251 g/mol. The molecule has 0 saturated carbocycles. The first-order valence-corrected chi connectivity index (χ1v) is 6.19. The Hall–Kier alpha value is -1.39. The third kappa shape index (κ3) is 4.47. The van der Waals surface area contributed by atoms with Crippen molar-refractivity contribution in [3.05, 3.63) is 35.9 Å². The second-order valence-corrected chi connectivity index (χ2v) is 4.22. The van der Waals surface area contributed by atoms with Crippen LogP contribution in [0.4, 0.5) is 0 Å². The van der Waals surface area contributed by atoms with Gasteiger partial charge < -0.3 is 9.84 Å². The topological polar surface area (TPSA) is 58.6 Å². The summed E-state index contributed by atoms with van der Waals surface area (Å²) in [6.07, 6.45) is 1.32. The standard InChI is InChI=1S/C14H21NO3/c1-3-13(14(17)18-2)15-12(10-16)9-11-7-5-4-6-8-11/h4-8,12-13,15-16H,3,9-10H2,1-2H3/t12-,13?/m0/s1. The van der Waals surface area contributed by atoms with Gasteiger partial charge in [0.1, 0.15) is 6.04 Å². The summed E-state index contributed by atoms with van der Waals surface area (Å²) in [4.78, 5) is 11.5. The Morgan fingerprint density at radius 2 is 2.06 bits per heavy atom. The van der Waals surface area contributed by atoms with E-state index >= 15 is 0 Å². The van der Waals surface area contributed by atoms with Gasteiger partial charge in [0.15, 0.2) is 0 Å². The lowest BCUT2D eigenvalue weighted by Gasteiger charge is -2.22. The number of aliphatic hydroxyl groups is 1. The molecule has 100 valence electrons. The number of benzene rings is 1. The van der Waals surface area contributed by atoms with Crippen molar-refractivity contribution < 1.29 is 14.6 Å². The number of nitrogens with one attached hydrogen (secondary N) is 1. The third-order valence-corrected chi connectivity index (χ3v) is 2.88. The molecule has 1 unspecified atom stereocenters. The minimum Gasteiger partial charge on any atom is -0.468 e. The molecule has 0 amide bonds. The van der Waals surface area contributed by atoms with Crippen LogP contribution in [0, 0.1) is 0 Å². The molecule has 0 aliphatic carbocycles. The van der Waals surface area contributed by atoms with Crippen LogP contribution in [-0.2, 0) is 16.0 Å². The molecule has 0 spiro atoms. The lowest BCUT2D eigenvalue weighted by molar-refractivity contribution is -0.143. The fourth-order valence-electron chi connectivity index (χ4n) is 1.85. The molecule has 0 aliphatic rings. The zero-order chi connectivity index (χ0) is 13.4. The van der Waals surface area contributed by atoms with Crippen molar-refractivity contribution in [3.8, 4) is 0 Å². The van der Waals surface area contributed by atoms with Crippen molar-refractivity contribution in [1.82, 2.24) is 5.32 Å². The number of hydrogen-bond acceptors (Lipinski definition) is 4. The number of rotatable bonds is 7. The van der Waals surface area contributed by atoms with Crippen molar-refractivity contribution in [3.63, 3.8) is 0 Å². The van der Waals surface area contributed by atoms with Gasteiger partial charge in [-0.25, -0.2) is 0 Å². The first-order valence-electron chi connectivity index (χ1n) is 6.19. The van der Waals surface area contributed by atoms with Gasteiger partial charge in [0.05, 0.1) is 13.7 Å². The van der Waals surface area contributed by atoms with E-state index in [0.717, 1.165) is 5.56 Å². The van der Waals surface area contributed by atoms with Crippen LogP contribution in [0.1, 0.15) is 18.9 Å². The summed E-state index contributed by atoms with van der Waals surface area (Å²) in [6, 6.07) is 9.37. The normalized spacial score (nSPS) is 13.9. The Balaban J connectivity index is 2.58. The SMILES string of the molecule is CCC(N[C@H](CO)Cc1ccccc1)C(=O)OC. The summed E-state index contributed by atoms with van der Waals surface area (Å²) < 4.78 is 4.72.